The smallest absolute Gasteiger partial charge is 0.259 e. The fraction of sp³-hybridized carbons (Fsp3) is 0.0417. The second-order valence-corrected chi connectivity index (χ2v) is 6.45. The van der Waals surface area contributed by atoms with Crippen LogP contribution in [0.1, 0.15) is 10.4 Å². The van der Waals surface area contributed by atoms with Gasteiger partial charge in [0.25, 0.3) is 5.91 Å². The minimum absolute atomic E-state index is 0.0608. The fourth-order valence-electron chi connectivity index (χ4n) is 3.22. The molecule has 0 fully saturated rings. The summed E-state index contributed by atoms with van der Waals surface area (Å²) in [7, 11) is 1.56. The van der Waals surface area contributed by atoms with E-state index in [0.29, 0.717) is 11.4 Å². The molecule has 4 heteroatoms. The van der Waals surface area contributed by atoms with E-state index in [4.69, 9.17) is 4.74 Å². The molecule has 0 atom stereocenters. The summed E-state index contributed by atoms with van der Waals surface area (Å²) in [6.07, 6.45) is 0. The van der Waals surface area contributed by atoms with Crippen LogP contribution in [0.4, 0.5) is 5.69 Å². The highest BCUT2D eigenvalue weighted by atomic mass is 16.5. The van der Waals surface area contributed by atoms with E-state index in [1.54, 1.807) is 19.2 Å². The van der Waals surface area contributed by atoms with Crippen LogP contribution in [-0.2, 0) is 0 Å². The lowest BCUT2D eigenvalue weighted by molar-refractivity contribution is 0.102. The van der Waals surface area contributed by atoms with Crippen molar-refractivity contribution < 1.29 is 14.6 Å². The van der Waals surface area contributed by atoms with Crippen LogP contribution in [0.25, 0.3) is 21.9 Å². The summed E-state index contributed by atoms with van der Waals surface area (Å²) in [5, 5.41) is 15.0. The molecule has 0 unspecified atom stereocenters. The Labute approximate surface area is 163 Å². The predicted octanol–water partition coefficient (Wildman–Crippen LogP) is 5.47. The molecule has 4 nitrogen and oxygen atoms in total. The third kappa shape index (κ3) is 3.40. The molecule has 4 aromatic rings. The predicted molar refractivity (Wildman–Crippen MR) is 112 cm³/mol. The number of nitrogens with one attached hydrogen (secondary N) is 1. The quantitative estimate of drug-likeness (QED) is 0.501. The van der Waals surface area contributed by atoms with Crippen LogP contribution in [0, 0.1) is 0 Å². The molecular formula is C24H19NO3. The zero-order chi connectivity index (χ0) is 19.5. The van der Waals surface area contributed by atoms with E-state index in [0.717, 1.165) is 21.9 Å². The van der Waals surface area contributed by atoms with Gasteiger partial charge in [-0.1, -0.05) is 60.7 Å². The van der Waals surface area contributed by atoms with Gasteiger partial charge in [0, 0.05) is 0 Å². The number of carbonyl (C=O) groups is 1. The molecule has 0 aromatic heterocycles. The molecule has 0 saturated carbocycles. The van der Waals surface area contributed by atoms with Gasteiger partial charge < -0.3 is 15.2 Å². The number of aromatic hydroxyl groups is 1. The highest BCUT2D eigenvalue weighted by molar-refractivity contribution is 6.09. The van der Waals surface area contributed by atoms with Crippen molar-refractivity contribution in [2.75, 3.05) is 12.4 Å². The monoisotopic (exact) mass is 369 g/mol. The Balaban J connectivity index is 1.70. The van der Waals surface area contributed by atoms with Gasteiger partial charge in [0.15, 0.2) is 0 Å². The second kappa shape index (κ2) is 7.45. The number of hydrogen-bond acceptors (Lipinski definition) is 3. The zero-order valence-electron chi connectivity index (χ0n) is 15.3. The molecule has 1 amide bonds. The average molecular weight is 369 g/mol. The highest BCUT2D eigenvalue weighted by Crippen LogP contribution is 2.32. The number of fused-ring (bicyclic) bond motifs is 1. The Morgan fingerprint density at radius 3 is 2.21 bits per heavy atom. The molecule has 0 aliphatic carbocycles. The summed E-state index contributed by atoms with van der Waals surface area (Å²) in [6.45, 7) is 0. The highest BCUT2D eigenvalue weighted by Gasteiger charge is 2.15. The largest absolute Gasteiger partial charge is 0.507 e. The molecule has 0 aliphatic heterocycles. The maximum absolute atomic E-state index is 12.9. The lowest BCUT2D eigenvalue weighted by Gasteiger charge is -2.13. The lowest BCUT2D eigenvalue weighted by atomic mass is 10.0. The van der Waals surface area contributed by atoms with Crippen LogP contribution < -0.4 is 10.1 Å². The third-order valence-electron chi connectivity index (χ3n) is 4.66. The molecule has 0 aliphatic rings. The summed E-state index contributed by atoms with van der Waals surface area (Å²) in [6, 6.07) is 26.4. The molecule has 4 aromatic carbocycles. The first kappa shape index (κ1) is 17.6. The summed E-state index contributed by atoms with van der Waals surface area (Å²) in [4.78, 5) is 12.9. The van der Waals surface area contributed by atoms with E-state index in [9.17, 15) is 9.90 Å². The number of amides is 1. The second-order valence-electron chi connectivity index (χ2n) is 6.45. The zero-order valence-corrected chi connectivity index (χ0v) is 15.3. The van der Waals surface area contributed by atoms with Gasteiger partial charge in [-0.3, -0.25) is 4.79 Å². The standard InChI is InChI=1S/C24H19NO3/c1-28-23-12-11-19(16-7-3-2-4-8-16)14-21(23)25-24(27)20-13-17-9-5-6-10-18(17)15-22(20)26/h2-15,26H,1H3,(H,25,27). The van der Waals surface area contributed by atoms with Crippen LogP contribution in [0.3, 0.4) is 0 Å². The normalized spacial score (nSPS) is 10.6. The van der Waals surface area contributed by atoms with Crippen molar-refractivity contribution in [1.82, 2.24) is 0 Å². The first-order valence-electron chi connectivity index (χ1n) is 8.92. The summed E-state index contributed by atoms with van der Waals surface area (Å²) in [5.74, 6) is 0.0921. The molecule has 4 rings (SSSR count). The van der Waals surface area contributed by atoms with Gasteiger partial charge in [-0.05, 0) is 46.2 Å². The number of methoxy groups -OCH3 is 1. The van der Waals surface area contributed by atoms with Crippen molar-refractivity contribution in [3.05, 3.63) is 90.5 Å². The Hall–Kier alpha value is -3.79. The topological polar surface area (TPSA) is 58.6 Å². The Morgan fingerprint density at radius 1 is 0.821 bits per heavy atom. The first-order chi connectivity index (χ1) is 13.7. The Bertz CT molecular complexity index is 1150. The number of carbonyl (C=O) groups excluding carboxylic acids is 1. The van der Waals surface area contributed by atoms with Gasteiger partial charge in [0.1, 0.15) is 11.5 Å². The molecular weight excluding hydrogens is 350 g/mol. The molecule has 28 heavy (non-hydrogen) atoms. The van der Waals surface area contributed by atoms with E-state index in [2.05, 4.69) is 5.32 Å². The molecule has 2 N–H and O–H groups in total. The van der Waals surface area contributed by atoms with Crippen LogP contribution >= 0.6 is 0 Å². The lowest BCUT2D eigenvalue weighted by Crippen LogP contribution is -2.13. The van der Waals surface area contributed by atoms with Crippen LogP contribution in [-0.4, -0.2) is 18.1 Å². The first-order valence-corrected chi connectivity index (χ1v) is 8.92. The Kier molecular flexibility index (Phi) is 4.68. The van der Waals surface area contributed by atoms with E-state index < -0.39 is 5.91 Å². The van der Waals surface area contributed by atoms with Gasteiger partial charge in [0.05, 0.1) is 18.4 Å². The number of ether oxygens (including phenoxy) is 1. The van der Waals surface area contributed by atoms with Gasteiger partial charge in [-0.15, -0.1) is 0 Å². The van der Waals surface area contributed by atoms with Gasteiger partial charge >= 0.3 is 0 Å². The maximum Gasteiger partial charge on any atom is 0.259 e. The van der Waals surface area contributed by atoms with Crippen molar-refractivity contribution in [2.45, 2.75) is 0 Å². The maximum atomic E-state index is 12.9. The number of rotatable bonds is 4. The van der Waals surface area contributed by atoms with E-state index in [-0.39, 0.29) is 11.3 Å². The summed E-state index contributed by atoms with van der Waals surface area (Å²) >= 11 is 0. The molecule has 0 bridgehead atoms. The van der Waals surface area contributed by atoms with Gasteiger partial charge in [-0.25, -0.2) is 0 Å². The fourth-order valence-corrected chi connectivity index (χ4v) is 3.22. The molecule has 0 saturated heterocycles. The van der Waals surface area contributed by atoms with Crippen molar-refractivity contribution in [3.63, 3.8) is 0 Å². The molecule has 0 radical (unpaired) electrons. The number of hydrogen-bond donors (Lipinski definition) is 2. The van der Waals surface area contributed by atoms with Crippen LogP contribution in [0.2, 0.25) is 0 Å². The van der Waals surface area contributed by atoms with Crippen molar-refractivity contribution in [1.29, 1.82) is 0 Å². The van der Waals surface area contributed by atoms with E-state index in [1.807, 2.05) is 72.8 Å². The molecule has 138 valence electrons. The number of benzene rings is 4. The number of phenols is 1. The third-order valence-corrected chi connectivity index (χ3v) is 4.66. The van der Waals surface area contributed by atoms with Gasteiger partial charge in [-0.2, -0.15) is 0 Å². The van der Waals surface area contributed by atoms with Crippen LogP contribution in [0.15, 0.2) is 84.9 Å². The minimum atomic E-state index is -0.397. The van der Waals surface area contributed by atoms with E-state index >= 15 is 0 Å². The summed E-state index contributed by atoms with van der Waals surface area (Å²) < 4.78 is 5.40. The molecule has 0 heterocycles. The Morgan fingerprint density at radius 2 is 1.50 bits per heavy atom. The minimum Gasteiger partial charge on any atom is -0.507 e. The number of phenolic OH excluding ortho intramolecular Hbond substituents is 1. The van der Waals surface area contributed by atoms with E-state index in [1.165, 1.54) is 0 Å². The number of anilines is 1. The average Bonchev–Trinajstić information content (AvgIpc) is 2.73. The SMILES string of the molecule is COc1ccc(-c2ccccc2)cc1NC(=O)c1cc2ccccc2cc1O. The van der Waals surface area contributed by atoms with Gasteiger partial charge in [0.2, 0.25) is 0 Å². The van der Waals surface area contributed by atoms with Crippen molar-refractivity contribution in [2.24, 2.45) is 0 Å². The van der Waals surface area contributed by atoms with Crippen LogP contribution in [0.5, 0.6) is 11.5 Å². The van der Waals surface area contributed by atoms with Crippen molar-refractivity contribution >= 4 is 22.4 Å². The molecule has 0 spiro atoms. The van der Waals surface area contributed by atoms with Crippen molar-refractivity contribution in [3.8, 4) is 22.6 Å². The summed E-state index contributed by atoms with van der Waals surface area (Å²) in [5.41, 5.74) is 2.75.